The van der Waals surface area contributed by atoms with Crippen LogP contribution in [0.4, 0.5) is 5.69 Å². The molecule has 96 valence electrons. The standard InChI is InChI=1S/C14H18ClN3/c1-10-6-5-7-12(8-10)17(3)9-13-11(2)16-18(4)14(13)15/h5-8H,9H2,1-4H3. The van der Waals surface area contributed by atoms with E-state index in [4.69, 9.17) is 11.6 Å². The molecule has 3 nitrogen and oxygen atoms in total. The molecule has 0 saturated heterocycles. The SMILES string of the molecule is Cc1cccc(N(C)Cc2c(C)nn(C)c2Cl)c1. The average molecular weight is 264 g/mol. The molecule has 0 spiro atoms. The van der Waals surface area contributed by atoms with E-state index in [0.717, 1.165) is 17.8 Å². The van der Waals surface area contributed by atoms with Crippen molar-refractivity contribution in [1.29, 1.82) is 0 Å². The van der Waals surface area contributed by atoms with Crippen molar-refractivity contribution in [2.45, 2.75) is 20.4 Å². The second-order valence-electron chi connectivity index (χ2n) is 4.67. The van der Waals surface area contributed by atoms with Gasteiger partial charge in [0.1, 0.15) is 5.15 Å². The van der Waals surface area contributed by atoms with Gasteiger partial charge in [-0.1, -0.05) is 23.7 Å². The van der Waals surface area contributed by atoms with Gasteiger partial charge in [0.15, 0.2) is 0 Å². The van der Waals surface area contributed by atoms with Crippen molar-refractivity contribution in [2.24, 2.45) is 7.05 Å². The first-order valence-corrected chi connectivity index (χ1v) is 6.32. The molecule has 1 aromatic carbocycles. The second kappa shape index (κ2) is 5.02. The fourth-order valence-corrected chi connectivity index (χ4v) is 2.28. The van der Waals surface area contributed by atoms with E-state index >= 15 is 0 Å². The minimum Gasteiger partial charge on any atom is -0.370 e. The first-order chi connectivity index (χ1) is 8.49. The summed E-state index contributed by atoms with van der Waals surface area (Å²) in [6.07, 6.45) is 0. The monoisotopic (exact) mass is 263 g/mol. The molecule has 0 fully saturated rings. The van der Waals surface area contributed by atoms with E-state index in [1.807, 2.05) is 14.0 Å². The quantitative estimate of drug-likeness (QED) is 0.847. The number of anilines is 1. The summed E-state index contributed by atoms with van der Waals surface area (Å²) in [5.74, 6) is 0. The van der Waals surface area contributed by atoms with E-state index in [2.05, 4.69) is 48.2 Å². The van der Waals surface area contributed by atoms with Crippen molar-refractivity contribution >= 4 is 17.3 Å². The van der Waals surface area contributed by atoms with Crippen LogP contribution >= 0.6 is 11.6 Å². The van der Waals surface area contributed by atoms with Crippen molar-refractivity contribution < 1.29 is 0 Å². The molecule has 18 heavy (non-hydrogen) atoms. The number of nitrogens with zero attached hydrogens (tertiary/aromatic N) is 3. The van der Waals surface area contributed by atoms with Gasteiger partial charge >= 0.3 is 0 Å². The Hall–Kier alpha value is -1.48. The maximum absolute atomic E-state index is 6.25. The van der Waals surface area contributed by atoms with Crippen molar-refractivity contribution in [3.05, 3.63) is 46.2 Å². The van der Waals surface area contributed by atoms with Crippen LogP contribution in [0.5, 0.6) is 0 Å². The van der Waals surface area contributed by atoms with Gasteiger partial charge in [-0.3, -0.25) is 4.68 Å². The highest BCUT2D eigenvalue weighted by atomic mass is 35.5. The predicted molar refractivity (Wildman–Crippen MR) is 76.2 cm³/mol. The van der Waals surface area contributed by atoms with E-state index in [0.29, 0.717) is 5.15 Å². The molecule has 0 aliphatic rings. The largest absolute Gasteiger partial charge is 0.370 e. The van der Waals surface area contributed by atoms with Crippen LogP contribution in [0.1, 0.15) is 16.8 Å². The molecule has 4 heteroatoms. The van der Waals surface area contributed by atoms with Gasteiger partial charge in [-0.05, 0) is 31.5 Å². The number of halogens is 1. The molecule has 0 unspecified atom stereocenters. The Morgan fingerprint density at radius 1 is 1.33 bits per heavy atom. The van der Waals surface area contributed by atoms with Gasteiger partial charge < -0.3 is 4.90 Å². The summed E-state index contributed by atoms with van der Waals surface area (Å²) in [5, 5.41) is 5.05. The maximum atomic E-state index is 6.25. The molecule has 0 aliphatic carbocycles. The molecule has 0 bridgehead atoms. The summed E-state index contributed by atoms with van der Waals surface area (Å²) < 4.78 is 1.72. The lowest BCUT2D eigenvalue weighted by Gasteiger charge is -2.19. The minimum absolute atomic E-state index is 0.715. The van der Waals surface area contributed by atoms with Gasteiger partial charge in [-0.25, -0.2) is 0 Å². The van der Waals surface area contributed by atoms with Crippen molar-refractivity contribution in [2.75, 3.05) is 11.9 Å². The molecule has 0 N–H and O–H groups in total. The third-order valence-corrected chi connectivity index (χ3v) is 3.58. The fourth-order valence-electron chi connectivity index (χ4n) is 2.05. The van der Waals surface area contributed by atoms with Crippen LogP contribution < -0.4 is 4.90 Å². The highest BCUT2D eigenvalue weighted by Gasteiger charge is 2.13. The maximum Gasteiger partial charge on any atom is 0.131 e. The van der Waals surface area contributed by atoms with Gasteiger partial charge in [-0.2, -0.15) is 5.10 Å². The average Bonchev–Trinajstić information content (AvgIpc) is 2.56. The molecule has 0 amide bonds. The zero-order valence-electron chi connectivity index (χ0n) is 11.2. The highest BCUT2D eigenvalue weighted by Crippen LogP contribution is 2.23. The Bertz CT molecular complexity index is 560. The van der Waals surface area contributed by atoms with Gasteiger partial charge in [-0.15, -0.1) is 0 Å². The van der Waals surface area contributed by atoms with Crippen molar-refractivity contribution in [1.82, 2.24) is 9.78 Å². The number of aromatic nitrogens is 2. The zero-order chi connectivity index (χ0) is 13.3. The molecule has 1 aromatic heterocycles. The van der Waals surface area contributed by atoms with Crippen LogP contribution in [-0.2, 0) is 13.6 Å². The summed E-state index contributed by atoms with van der Waals surface area (Å²) in [7, 11) is 3.93. The molecule has 0 atom stereocenters. The predicted octanol–water partition coefficient (Wildman–Crippen LogP) is 3.33. The number of benzene rings is 1. The Morgan fingerprint density at radius 2 is 2.06 bits per heavy atom. The summed E-state index contributed by atoms with van der Waals surface area (Å²) >= 11 is 6.25. The van der Waals surface area contributed by atoms with Crippen molar-refractivity contribution in [3.8, 4) is 0 Å². The Balaban J connectivity index is 2.24. The van der Waals surface area contributed by atoms with Crippen LogP contribution in [0, 0.1) is 13.8 Å². The van der Waals surface area contributed by atoms with E-state index in [-0.39, 0.29) is 0 Å². The topological polar surface area (TPSA) is 21.1 Å². The fraction of sp³-hybridized carbons (Fsp3) is 0.357. The molecule has 0 saturated carbocycles. The minimum atomic E-state index is 0.715. The third kappa shape index (κ3) is 2.51. The van der Waals surface area contributed by atoms with Crippen LogP contribution in [0.25, 0.3) is 0 Å². The zero-order valence-corrected chi connectivity index (χ0v) is 12.0. The van der Waals surface area contributed by atoms with Crippen LogP contribution in [0.15, 0.2) is 24.3 Å². The van der Waals surface area contributed by atoms with Crippen LogP contribution in [0.3, 0.4) is 0 Å². The number of hydrogen-bond acceptors (Lipinski definition) is 2. The Morgan fingerprint density at radius 3 is 2.61 bits per heavy atom. The third-order valence-electron chi connectivity index (χ3n) is 3.11. The molecular formula is C14H18ClN3. The normalized spacial score (nSPS) is 10.7. The lowest BCUT2D eigenvalue weighted by molar-refractivity contribution is 0.757. The first kappa shape index (κ1) is 13.0. The van der Waals surface area contributed by atoms with E-state index in [1.54, 1.807) is 4.68 Å². The summed E-state index contributed by atoms with van der Waals surface area (Å²) in [4.78, 5) is 2.18. The molecule has 1 heterocycles. The molecule has 0 radical (unpaired) electrons. The van der Waals surface area contributed by atoms with E-state index in [9.17, 15) is 0 Å². The molecule has 2 aromatic rings. The van der Waals surface area contributed by atoms with Crippen LogP contribution in [-0.4, -0.2) is 16.8 Å². The van der Waals surface area contributed by atoms with Gasteiger partial charge in [0.2, 0.25) is 0 Å². The van der Waals surface area contributed by atoms with Gasteiger partial charge in [0, 0.05) is 31.9 Å². The highest BCUT2D eigenvalue weighted by molar-refractivity contribution is 6.30. The first-order valence-electron chi connectivity index (χ1n) is 5.95. The van der Waals surface area contributed by atoms with Gasteiger partial charge in [0.25, 0.3) is 0 Å². The van der Waals surface area contributed by atoms with E-state index < -0.39 is 0 Å². The number of hydrogen-bond donors (Lipinski definition) is 0. The van der Waals surface area contributed by atoms with Gasteiger partial charge in [0.05, 0.1) is 5.69 Å². The van der Waals surface area contributed by atoms with Crippen molar-refractivity contribution in [3.63, 3.8) is 0 Å². The van der Waals surface area contributed by atoms with Crippen LogP contribution in [0.2, 0.25) is 5.15 Å². The molecule has 0 aliphatic heterocycles. The number of rotatable bonds is 3. The van der Waals surface area contributed by atoms with E-state index in [1.165, 1.54) is 11.3 Å². The molecular weight excluding hydrogens is 246 g/mol. The summed E-state index contributed by atoms with van der Waals surface area (Å²) in [6, 6.07) is 8.44. The smallest absolute Gasteiger partial charge is 0.131 e. The lowest BCUT2D eigenvalue weighted by Crippen LogP contribution is -2.17. The lowest BCUT2D eigenvalue weighted by atomic mass is 10.2. The number of aryl methyl sites for hydroxylation is 3. The summed E-state index contributed by atoms with van der Waals surface area (Å²) in [6.45, 7) is 4.85. The Labute approximate surface area is 113 Å². The second-order valence-corrected chi connectivity index (χ2v) is 5.03. The summed E-state index contributed by atoms with van der Waals surface area (Å²) in [5.41, 5.74) is 4.52. The molecule has 2 rings (SSSR count). The Kier molecular flexibility index (Phi) is 3.62.